The number of thioether (sulfide) groups is 1. The van der Waals surface area contributed by atoms with Crippen LogP contribution in [0.2, 0.25) is 0 Å². The Kier molecular flexibility index (Phi) is 5.60. The number of halogens is 1. The minimum absolute atomic E-state index is 0.104. The number of alkyl carbamates (subject to hydrolysis) is 1. The van der Waals surface area contributed by atoms with Crippen LogP contribution in [0.3, 0.4) is 0 Å². The zero-order valence-electron chi connectivity index (χ0n) is 15.3. The SMILES string of the molecule is CC1CSC(NC(=O)OC(C)(C)C)=N[C@]1(C)c1cc([N+](=O)[O-])ccc1F. The Balaban J connectivity index is 2.38. The van der Waals surface area contributed by atoms with Gasteiger partial charge in [-0.25, -0.2) is 9.18 Å². The van der Waals surface area contributed by atoms with E-state index in [1.165, 1.54) is 17.8 Å². The van der Waals surface area contributed by atoms with Gasteiger partial charge in [0.25, 0.3) is 5.69 Å². The van der Waals surface area contributed by atoms with Gasteiger partial charge in [-0.2, -0.15) is 0 Å². The number of amidine groups is 1. The Labute approximate surface area is 155 Å². The normalized spacial score (nSPS) is 23.2. The van der Waals surface area contributed by atoms with Crippen LogP contribution in [0.4, 0.5) is 14.9 Å². The summed E-state index contributed by atoms with van der Waals surface area (Å²) in [5.41, 5.74) is -1.79. The lowest BCUT2D eigenvalue weighted by Crippen LogP contribution is -2.42. The Morgan fingerprint density at radius 2 is 2.15 bits per heavy atom. The summed E-state index contributed by atoms with van der Waals surface area (Å²) < 4.78 is 19.6. The van der Waals surface area contributed by atoms with Gasteiger partial charge in [0.15, 0.2) is 5.17 Å². The van der Waals surface area contributed by atoms with Crippen LogP contribution in [0.15, 0.2) is 23.2 Å². The number of nitrogens with zero attached hydrogens (tertiary/aromatic N) is 2. The molecule has 0 aliphatic carbocycles. The third-order valence-electron chi connectivity index (χ3n) is 4.08. The van der Waals surface area contributed by atoms with E-state index in [0.717, 1.165) is 12.1 Å². The van der Waals surface area contributed by atoms with E-state index in [9.17, 15) is 19.3 Å². The molecule has 0 radical (unpaired) electrons. The van der Waals surface area contributed by atoms with Crippen LogP contribution in [0.5, 0.6) is 0 Å². The predicted molar refractivity (Wildman–Crippen MR) is 98.8 cm³/mol. The number of non-ortho nitro benzene ring substituents is 1. The molecule has 2 atom stereocenters. The van der Waals surface area contributed by atoms with E-state index >= 15 is 0 Å². The first-order chi connectivity index (χ1) is 11.9. The van der Waals surface area contributed by atoms with Crippen molar-refractivity contribution >= 4 is 28.7 Å². The number of hydrogen-bond acceptors (Lipinski definition) is 6. The Bertz CT molecular complexity index is 763. The maximum Gasteiger partial charge on any atom is 0.413 e. The standard InChI is InChI=1S/C17H22FN3O4S/c1-10-9-26-14(19-15(22)25-16(2,3)4)20-17(10,5)12-8-11(21(23)24)6-7-13(12)18/h6-8,10H,9H2,1-5H3,(H,19,20,22)/t10?,17-/m0/s1. The van der Waals surface area contributed by atoms with Crippen molar-refractivity contribution < 1.29 is 18.8 Å². The van der Waals surface area contributed by atoms with Crippen LogP contribution in [-0.4, -0.2) is 27.5 Å². The number of nitro groups is 1. The number of nitro benzene ring substituents is 1. The molecule has 1 aromatic rings. The van der Waals surface area contributed by atoms with Gasteiger partial charge in [0, 0.05) is 23.4 Å². The average Bonchev–Trinajstić information content (AvgIpc) is 2.49. The highest BCUT2D eigenvalue weighted by Gasteiger charge is 2.40. The molecule has 1 aliphatic heterocycles. The lowest BCUT2D eigenvalue weighted by atomic mass is 9.81. The molecule has 1 heterocycles. The summed E-state index contributed by atoms with van der Waals surface area (Å²) in [4.78, 5) is 27.0. The number of carbonyl (C=O) groups excluding carboxylic acids is 1. The average molecular weight is 383 g/mol. The monoisotopic (exact) mass is 383 g/mol. The summed E-state index contributed by atoms with van der Waals surface area (Å²) in [7, 11) is 0. The summed E-state index contributed by atoms with van der Waals surface area (Å²) in [5.74, 6) is -0.113. The number of rotatable bonds is 2. The lowest BCUT2D eigenvalue weighted by molar-refractivity contribution is -0.385. The number of amides is 1. The minimum Gasteiger partial charge on any atom is -0.444 e. The lowest BCUT2D eigenvalue weighted by Gasteiger charge is -2.36. The molecule has 0 bridgehead atoms. The van der Waals surface area contributed by atoms with Gasteiger partial charge in [-0.3, -0.25) is 20.4 Å². The fraction of sp³-hybridized carbons (Fsp3) is 0.529. The van der Waals surface area contributed by atoms with Crippen molar-refractivity contribution in [2.75, 3.05) is 5.75 Å². The molecule has 1 unspecified atom stereocenters. The largest absolute Gasteiger partial charge is 0.444 e. The number of ether oxygens (including phenoxy) is 1. The van der Waals surface area contributed by atoms with E-state index in [1.54, 1.807) is 27.7 Å². The van der Waals surface area contributed by atoms with Crippen LogP contribution in [-0.2, 0) is 10.3 Å². The highest BCUT2D eigenvalue weighted by atomic mass is 32.2. The summed E-state index contributed by atoms with van der Waals surface area (Å²) >= 11 is 1.32. The fourth-order valence-corrected chi connectivity index (χ4v) is 3.66. The zero-order chi connectivity index (χ0) is 19.7. The van der Waals surface area contributed by atoms with Crippen molar-refractivity contribution in [3.63, 3.8) is 0 Å². The molecular weight excluding hydrogens is 361 g/mol. The topological polar surface area (TPSA) is 93.8 Å². The quantitative estimate of drug-likeness (QED) is 0.610. The Morgan fingerprint density at radius 3 is 2.73 bits per heavy atom. The molecule has 1 amide bonds. The summed E-state index contributed by atoms with van der Waals surface area (Å²) in [5, 5.41) is 13.9. The van der Waals surface area contributed by atoms with Crippen LogP contribution >= 0.6 is 11.8 Å². The van der Waals surface area contributed by atoms with Crippen molar-refractivity contribution in [2.45, 2.75) is 45.8 Å². The number of benzene rings is 1. The molecule has 0 fully saturated rings. The van der Waals surface area contributed by atoms with E-state index < -0.39 is 28.0 Å². The van der Waals surface area contributed by atoms with Gasteiger partial charge in [-0.1, -0.05) is 18.7 Å². The molecule has 142 valence electrons. The molecule has 0 saturated heterocycles. The maximum absolute atomic E-state index is 14.4. The van der Waals surface area contributed by atoms with E-state index in [2.05, 4.69) is 10.3 Å². The van der Waals surface area contributed by atoms with Crippen molar-refractivity contribution in [1.29, 1.82) is 0 Å². The van der Waals surface area contributed by atoms with Crippen LogP contribution in [0.1, 0.15) is 40.2 Å². The van der Waals surface area contributed by atoms with Crippen molar-refractivity contribution in [2.24, 2.45) is 10.9 Å². The van der Waals surface area contributed by atoms with Gasteiger partial charge in [-0.05, 0) is 39.7 Å². The molecule has 1 aromatic carbocycles. The predicted octanol–water partition coefficient (Wildman–Crippen LogP) is 4.21. The fourth-order valence-electron chi connectivity index (χ4n) is 2.51. The van der Waals surface area contributed by atoms with Crippen molar-refractivity contribution in [1.82, 2.24) is 5.32 Å². The van der Waals surface area contributed by atoms with Crippen molar-refractivity contribution in [3.8, 4) is 0 Å². The number of nitrogens with one attached hydrogen (secondary N) is 1. The third kappa shape index (κ3) is 4.51. The van der Waals surface area contributed by atoms with Crippen LogP contribution in [0.25, 0.3) is 0 Å². The minimum atomic E-state index is -1.05. The molecule has 2 rings (SSSR count). The molecule has 26 heavy (non-hydrogen) atoms. The highest BCUT2D eigenvalue weighted by Crippen LogP contribution is 2.41. The van der Waals surface area contributed by atoms with Gasteiger partial charge >= 0.3 is 6.09 Å². The van der Waals surface area contributed by atoms with Gasteiger partial charge in [0.2, 0.25) is 0 Å². The van der Waals surface area contributed by atoms with Gasteiger partial charge in [0.05, 0.1) is 10.5 Å². The zero-order valence-corrected chi connectivity index (χ0v) is 16.1. The Hall–Kier alpha value is -2.16. The first-order valence-electron chi connectivity index (χ1n) is 8.09. The molecule has 9 heteroatoms. The van der Waals surface area contributed by atoms with Gasteiger partial charge in [0.1, 0.15) is 11.4 Å². The van der Waals surface area contributed by atoms with E-state index in [0.29, 0.717) is 10.9 Å². The number of carbonyl (C=O) groups is 1. The molecule has 1 N–H and O–H groups in total. The van der Waals surface area contributed by atoms with Gasteiger partial charge < -0.3 is 4.74 Å². The summed E-state index contributed by atoms with van der Waals surface area (Å²) in [6.07, 6.45) is -0.653. The first-order valence-corrected chi connectivity index (χ1v) is 9.08. The third-order valence-corrected chi connectivity index (χ3v) is 5.21. The molecular formula is C17H22FN3O4S. The number of hydrogen-bond donors (Lipinski definition) is 1. The maximum atomic E-state index is 14.4. The summed E-state index contributed by atoms with van der Waals surface area (Å²) in [6.45, 7) is 8.82. The second-order valence-corrected chi connectivity index (χ2v) is 8.33. The highest BCUT2D eigenvalue weighted by molar-refractivity contribution is 8.13. The second-order valence-electron chi connectivity index (χ2n) is 7.32. The van der Waals surface area contributed by atoms with Crippen LogP contribution < -0.4 is 5.32 Å². The molecule has 0 aromatic heterocycles. The molecule has 1 aliphatic rings. The van der Waals surface area contributed by atoms with Crippen molar-refractivity contribution in [3.05, 3.63) is 39.7 Å². The Morgan fingerprint density at radius 1 is 1.50 bits per heavy atom. The number of aliphatic imine (C=N–C) groups is 1. The molecule has 7 nitrogen and oxygen atoms in total. The van der Waals surface area contributed by atoms with E-state index in [-0.39, 0.29) is 17.2 Å². The van der Waals surface area contributed by atoms with E-state index in [1.807, 2.05) is 6.92 Å². The molecule has 0 spiro atoms. The van der Waals surface area contributed by atoms with Gasteiger partial charge in [-0.15, -0.1) is 0 Å². The molecule has 0 saturated carbocycles. The van der Waals surface area contributed by atoms with E-state index in [4.69, 9.17) is 4.74 Å². The van der Waals surface area contributed by atoms with Crippen LogP contribution in [0, 0.1) is 21.8 Å². The second kappa shape index (κ2) is 7.22. The smallest absolute Gasteiger partial charge is 0.413 e. The summed E-state index contributed by atoms with van der Waals surface area (Å²) in [6, 6.07) is 3.40. The first kappa shape index (κ1) is 20.2.